The van der Waals surface area contributed by atoms with E-state index in [0.29, 0.717) is 13.0 Å². The summed E-state index contributed by atoms with van der Waals surface area (Å²) in [5, 5.41) is 7.24. The van der Waals surface area contributed by atoms with Crippen LogP contribution in [0.2, 0.25) is 5.02 Å². The van der Waals surface area contributed by atoms with Crippen molar-refractivity contribution in [2.75, 3.05) is 20.2 Å². The van der Waals surface area contributed by atoms with E-state index in [1.807, 2.05) is 31.2 Å². The molecule has 2 N–H and O–H groups in total. The number of nitrogens with one attached hydrogen (secondary N) is 2. The van der Waals surface area contributed by atoms with E-state index in [2.05, 4.69) is 20.4 Å². The van der Waals surface area contributed by atoms with Gasteiger partial charge in [0.25, 0.3) is 0 Å². The molecule has 0 spiro atoms. The topological polar surface area (TPSA) is 62.7 Å². The molecule has 0 aromatic heterocycles. The number of esters is 1. The van der Waals surface area contributed by atoms with Gasteiger partial charge in [0, 0.05) is 24.5 Å². The van der Waals surface area contributed by atoms with E-state index in [0.717, 1.165) is 48.9 Å². The Balaban J connectivity index is 2.31. The summed E-state index contributed by atoms with van der Waals surface area (Å²) in [4.78, 5) is 15.6. The molecule has 6 heteroatoms. The van der Waals surface area contributed by atoms with Crippen LogP contribution in [0.4, 0.5) is 0 Å². The summed E-state index contributed by atoms with van der Waals surface area (Å²) in [5.74, 6) is 0.648. The fourth-order valence-corrected chi connectivity index (χ4v) is 2.24. The zero-order valence-corrected chi connectivity index (χ0v) is 14.7. The first-order valence-electron chi connectivity index (χ1n) is 7.99. The Hall–Kier alpha value is -1.75. The van der Waals surface area contributed by atoms with Gasteiger partial charge in [0.15, 0.2) is 5.96 Å². The molecular weight excluding hydrogens is 314 g/mol. The summed E-state index contributed by atoms with van der Waals surface area (Å²) in [6, 6.07) is 7.70. The smallest absolute Gasteiger partial charge is 0.305 e. The van der Waals surface area contributed by atoms with E-state index in [1.54, 1.807) is 0 Å². The zero-order chi connectivity index (χ0) is 16.9. The van der Waals surface area contributed by atoms with E-state index in [4.69, 9.17) is 11.6 Å². The number of unbranched alkanes of at least 4 members (excludes halogenated alkanes) is 2. The number of hydrogen-bond acceptors (Lipinski definition) is 3. The minimum Gasteiger partial charge on any atom is -0.469 e. The van der Waals surface area contributed by atoms with Crippen LogP contribution in [0.15, 0.2) is 29.3 Å². The van der Waals surface area contributed by atoms with Crippen molar-refractivity contribution in [1.82, 2.24) is 10.6 Å². The maximum absolute atomic E-state index is 11.0. The molecule has 0 bridgehead atoms. The predicted octanol–water partition coefficient (Wildman–Crippen LogP) is 3.13. The molecule has 0 amide bonds. The number of halogens is 1. The van der Waals surface area contributed by atoms with E-state index < -0.39 is 0 Å². The lowest BCUT2D eigenvalue weighted by molar-refractivity contribution is -0.140. The number of rotatable bonds is 9. The van der Waals surface area contributed by atoms with Crippen LogP contribution < -0.4 is 10.6 Å². The quantitative estimate of drug-likeness (QED) is 0.314. The van der Waals surface area contributed by atoms with Crippen molar-refractivity contribution >= 4 is 23.5 Å². The highest BCUT2D eigenvalue weighted by Crippen LogP contribution is 2.11. The number of methoxy groups -OCH3 is 1. The Morgan fingerprint density at radius 3 is 2.78 bits per heavy atom. The standard InChI is InChI=1S/C17H26ClN3O2/c1-3-19-17(20-11-6-4-5-10-16(22)23-2)21-13-14-8-7-9-15(18)12-14/h7-9,12H,3-6,10-11,13H2,1-2H3,(H2,19,20,21). The first kappa shape index (κ1) is 19.3. The maximum atomic E-state index is 11.0. The first-order valence-corrected chi connectivity index (χ1v) is 8.37. The molecule has 0 heterocycles. The third kappa shape index (κ3) is 9.08. The monoisotopic (exact) mass is 339 g/mol. The van der Waals surface area contributed by atoms with E-state index in [-0.39, 0.29) is 5.97 Å². The molecule has 0 atom stereocenters. The van der Waals surface area contributed by atoms with Crippen molar-refractivity contribution in [3.63, 3.8) is 0 Å². The van der Waals surface area contributed by atoms with Crippen molar-refractivity contribution in [2.45, 2.75) is 39.2 Å². The number of carbonyl (C=O) groups excluding carboxylic acids is 1. The summed E-state index contributed by atoms with van der Waals surface area (Å²) in [5.41, 5.74) is 1.08. The Kier molecular flexibility index (Phi) is 9.87. The number of benzene rings is 1. The van der Waals surface area contributed by atoms with Gasteiger partial charge in [-0.2, -0.15) is 0 Å². The van der Waals surface area contributed by atoms with Crippen LogP contribution in [-0.2, 0) is 16.1 Å². The molecule has 128 valence electrons. The van der Waals surface area contributed by atoms with Gasteiger partial charge in [-0.3, -0.25) is 4.79 Å². The average molecular weight is 340 g/mol. The Labute approximate surface area is 143 Å². The predicted molar refractivity (Wildman–Crippen MR) is 94.8 cm³/mol. The normalized spacial score (nSPS) is 11.2. The fraction of sp³-hybridized carbons (Fsp3) is 0.529. The molecule has 0 aliphatic carbocycles. The third-order valence-electron chi connectivity index (χ3n) is 3.23. The lowest BCUT2D eigenvalue weighted by Crippen LogP contribution is -2.37. The molecule has 0 fully saturated rings. The van der Waals surface area contributed by atoms with Crippen LogP contribution in [0, 0.1) is 0 Å². The Morgan fingerprint density at radius 1 is 1.26 bits per heavy atom. The second kappa shape index (κ2) is 11.8. The maximum Gasteiger partial charge on any atom is 0.305 e. The van der Waals surface area contributed by atoms with Gasteiger partial charge in [-0.1, -0.05) is 30.2 Å². The van der Waals surface area contributed by atoms with Crippen LogP contribution in [-0.4, -0.2) is 32.1 Å². The second-order valence-electron chi connectivity index (χ2n) is 5.14. The molecule has 1 aromatic rings. The summed E-state index contributed by atoms with van der Waals surface area (Å²) in [6.07, 6.45) is 3.30. The van der Waals surface area contributed by atoms with Gasteiger partial charge in [0.05, 0.1) is 13.7 Å². The zero-order valence-electron chi connectivity index (χ0n) is 13.9. The molecule has 0 radical (unpaired) electrons. The van der Waals surface area contributed by atoms with E-state index in [9.17, 15) is 4.79 Å². The second-order valence-corrected chi connectivity index (χ2v) is 5.58. The van der Waals surface area contributed by atoms with Gasteiger partial charge in [-0.25, -0.2) is 4.99 Å². The molecule has 0 aliphatic rings. The van der Waals surface area contributed by atoms with Crippen LogP contribution in [0.3, 0.4) is 0 Å². The van der Waals surface area contributed by atoms with Crippen LogP contribution >= 0.6 is 11.6 Å². The highest BCUT2D eigenvalue weighted by molar-refractivity contribution is 6.30. The number of hydrogen-bond donors (Lipinski definition) is 2. The third-order valence-corrected chi connectivity index (χ3v) is 3.47. The van der Waals surface area contributed by atoms with Crippen molar-refractivity contribution in [3.8, 4) is 0 Å². The summed E-state index contributed by atoms with van der Waals surface area (Å²) in [6.45, 7) is 4.25. The van der Waals surface area contributed by atoms with Crippen molar-refractivity contribution in [3.05, 3.63) is 34.9 Å². The van der Waals surface area contributed by atoms with Gasteiger partial charge < -0.3 is 15.4 Å². The average Bonchev–Trinajstić information content (AvgIpc) is 2.55. The molecule has 0 saturated heterocycles. The first-order chi connectivity index (χ1) is 11.2. The van der Waals surface area contributed by atoms with Gasteiger partial charge in [0.1, 0.15) is 0 Å². The molecule has 1 aromatic carbocycles. The highest BCUT2D eigenvalue weighted by atomic mass is 35.5. The summed E-state index contributed by atoms with van der Waals surface area (Å²) >= 11 is 5.97. The molecule has 5 nitrogen and oxygen atoms in total. The molecule has 0 saturated carbocycles. The minimum atomic E-state index is -0.144. The van der Waals surface area contributed by atoms with E-state index in [1.165, 1.54) is 7.11 Å². The van der Waals surface area contributed by atoms with E-state index >= 15 is 0 Å². The lowest BCUT2D eigenvalue weighted by atomic mass is 10.2. The number of nitrogens with zero attached hydrogens (tertiary/aromatic N) is 1. The summed E-state index contributed by atoms with van der Waals surface area (Å²) in [7, 11) is 1.42. The van der Waals surface area contributed by atoms with Gasteiger partial charge in [0.2, 0.25) is 0 Å². The van der Waals surface area contributed by atoms with Crippen LogP contribution in [0.1, 0.15) is 38.2 Å². The molecular formula is C17H26ClN3O2. The number of aliphatic imine (C=N–C) groups is 1. The molecule has 0 aliphatic heterocycles. The molecule has 23 heavy (non-hydrogen) atoms. The number of guanidine groups is 1. The van der Waals surface area contributed by atoms with Gasteiger partial charge in [-0.05, 0) is 37.5 Å². The molecule has 1 rings (SSSR count). The van der Waals surface area contributed by atoms with Crippen LogP contribution in [0.5, 0.6) is 0 Å². The molecule has 0 unspecified atom stereocenters. The Morgan fingerprint density at radius 2 is 2.09 bits per heavy atom. The largest absolute Gasteiger partial charge is 0.469 e. The van der Waals surface area contributed by atoms with Crippen molar-refractivity contribution in [1.29, 1.82) is 0 Å². The summed E-state index contributed by atoms with van der Waals surface area (Å²) < 4.78 is 4.62. The number of carbonyl (C=O) groups is 1. The SMILES string of the molecule is CCNC(=NCc1cccc(Cl)c1)NCCCCCC(=O)OC. The van der Waals surface area contributed by atoms with Crippen molar-refractivity contribution < 1.29 is 9.53 Å². The minimum absolute atomic E-state index is 0.144. The fourth-order valence-electron chi connectivity index (χ4n) is 2.03. The Bertz CT molecular complexity index is 506. The van der Waals surface area contributed by atoms with Gasteiger partial charge in [-0.15, -0.1) is 0 Å². The van der Waals surface area contributed by atoms with Crippen LogP contribution in [0.25, 0.3) is 0 Å². The van der Waals surface area contributed by atoms with Crippen molar-refractivity contribution in [2.24, 2.45) is 4.99 Å². The lowest BCUT2D eigenvalue weighted by Gasteiger charge is -2.11. The van der Waals surface area contributed by atoms with Gasteiger partial charge >= 0.3 is 5.97 Å². The highest BCUT2D eigenvalue weighted by Gasteiger charge is 2.00. The number of ether oxygens (including phenoxy) is 1.